The number of epoxide rings is 1. The fourth-order valence-corrected chi connectivity index (χ4v) is 7.14. The van der Waals surface area contributed by atoms with Gasteiger partial charge in [0.1, 0.15) is 11.9 Å². The first-order valence-electron chi connectivity index (χ1n) is 11.8. The Labute approximate surface area is 178 Å². The Bertz CT molecular complexity index is 805. The average Bonchev–Trinajstić information content (AvgIpc) is 3.46. The van der Waals surface area contributed by atoms with Crippen LogP contribution in [0.15, 0.2) is 24.4 Å². The molecule has 1 aromatic heterocycles. The second-order valence-corrected chi connectivity index (χ2v) is 10.6. The predicted octanol–water partition coefficient (Wildman–Crippen LogP) is 2.73. The molecule has 0 unspecified atom stereocenters. The van der Waals surface area contributed by atoms with Crippen LogP contribution in [0.3, 0.4) is 0 Å². The normalized spacial score (nSPS) is 43.2. The van der Waals surface area contributed by atoms with E-state index in [0.29, 0.717) is 11.8 Å². The summed E-state index contributed by atoms with van der Waals surface area (Å²) < 4.78 is 12.0. The van der Waals surface area contributed by atoms with Crippen molar-refractivity contribution in [3.05, 3.63) is 24.4 Å². The Hall–Kier alpha value is -1.66. The van der Waals surface area contributed by atoms with E-state index in [2.05, 4.69) is 27.8 Å². The van der Waals surface area contributed by atoms with E-state index in [1.807, 2.05) is 18.3 Å². The first kappa shape index (κ1) is 19.1. The minimum atomic E-state index is 0.0266. The molecule has 4 heterocycles. The number of anilines is 1. The van der Waals surface area contributed by atoms with Crippen molar-refractivity contribution in [2.45, 2.75) is 50.7 Å². The number of esters is 1. The molecule has 30 heavy (non-hydrogen) atoms. The molecule has 0 N–H and O–H groups in total. The summed E-state index contributed by atoms with van der Waals surface area (Å²) in [6.45, 7) is 8.08. The molecule has 6 atom stereocenters. The number of carbonyl (C=O) groups excluding carboxylic acids is 1. The van der Waals surface area contributed by atoms with Gasteiger partial charge in [-0.25, -0.2) is 4.98 Å². The summed E-state index contributed by atoms with van der Waals surface area (Å²) in [6, 6.07) is 6.08. The van der Waals surface area contributed by atoms with Gasteiger partial charge in [-0.2, -0.15) is 0 Å². The number of nitrogens with zero attached hydrogens (tertiary/aromatic N) is 3. The summed E-state index contributed by atoms with van der Waals surface area (Å²) in [4.78, 5) is 22.2. The van der Waals surface area contributed by atoms with E-state index >= 15 is 0 Å². The van der Waals surface area contributed by atoms with Crippen LogP contribution in [0.5, 0.6) is 0 Å². The molecule has 0 aromatic carbocycles. The van der Waals surface area contributed by atoms with Gasteiger partial charge < -0.3 is 14.4 Å². The van der Waals surface area contributed by atoms with Gasteiger partial charge >= 0.3 is 5.97 Å². The lowest BCUT2D eigenvalue weighted by molar-refractivity contribution is -0.147. The largest absolute Gasteiger partial charge is 0.462 e. The molecule has 2 saturated carbocycles. The lowest BCUT2D eigenvalue weighted by Crippen LogP contribution is -2.52. The lowest BCUT2D eigenvalue weighted by atomic mass is 9.53. The first-order valence-corrected chi connectivity index (χ1v) is 11.8. The van der Waals surface area contributed by atoms with E-state index in [1.165, 1.54) is 19.3 Å². The Balaban J connectivity index is 1.12. The molecule has 6 heteroatoms. The summed E-state index contributed by atoms with van der Waals surface area (Å²) >= 11 is 0. The summed E-state index contributed by atoms with van der Waals surface area (Å²) in [5.41, 5.74) is 0.405. The number of hydrogen-bond acceptors (Lipinski definition) is 6. The fourth-order valence-electron chi connectivity index (χ4n) is 7.14. The molecule has 0 bridgehead atoms. The summed E-state index contributed by atoms with van der Waals surface area (Å²) in [7, 11) is 0. The second-order valence-electron chi connectivity index (χ2n) is 10.6. The van der Waals surface area contributed by atoms with Crippen molar-refractivity contribution in [3.63, 3.8) is 0 Å². The van der Waals surface area contributed by atoms with Gasteiger partial charge in [0.25, 0.3) is 0 Å². The van der Waals surface area contributed by atoms with Crippen molar-refractivity contribution in [1.82, 2.24) is 9.88 Å². The number of aromatic nitrogens is 1. The van der Waals surface area contributed by atoms with Crippen molar-refractivity contribution >= 4 is 11.8 Å². The van der Waals surface area contributed by atoms with Gasteiger partial charge in [0, 0.05) is 44.8 Å². The molecule has 6 nitrogen and oxygen atoms in total. The van der Waals surface area contributed by atoms with E-state index in [-0.39, 0.29) is 29.0 Å². The van der Waals surface area contributed by atoms with E-state index in [1.54, 1.807) is 0 Å². The third kappa shape index (κ3) is 3.06. The molecule has 5 fully saturated rings. The Morgan fingerprint density at radius 3 is 2.77 bits per heavy atom. The minimum absolute atomic E-state index is 0.0266. The number of piperazine rings is 1. The van der Waals surface area contributed by atoms with Gasteiger partial charge in [-0.1, -0.05) is 13.0 Å². The monoisotopic (exact) mass is 411 g/mol. The minimum Gasteiger partial charge on any atom is -0.462 e. The van der Waals surface area contributed by atoms with E-state index < -0.39 is 0 Å². The van der Waals surface area contributed by atoms with Crippen LogP contribution < -0.4 is 4.90 Å². The molecule has 0 amide bonds. The fraction of sp³-hybridized carbons (Fsp3) is 0.750. The Morgan fingerprint density at radius 2 is 2.03 bits per heavy atom. The zero-order chi connectivity index (χ0) is 20.3. The number of rotatable bonds is 3. The highest BCUT2D eigenvalue weighted by Gasteiger charge is 2.65. The lowest BCUT2D eigenvalue weighted by Gasteiger charge is -2.51. The molecule has 1 spiro atoms. The average molecular weight is 412 g/mol. The van der Waals surface area contributed by atoms with Gasteiger partial charge in [-0.3, -0.25) is 9.69 Å². The van der Waals surface area contributed by atoms with Crippen LogP contribution in [0.1, 0.15) is 39.0 Å². The van der Waals surface area contributed by atoms with Gasteiger partial charge in [-0.15, -0.1) is 0 Å². The standard InChI is InChI=1S/C24H33N3O3/c1-23-6-4-7-24(16-29-24)20(23)13-17-18(22(28)30-19(17)14-23)15-26-9-11-27(12-10-26)21-5-2-3-8-25-21/h2-3,5,8,17-20H,4,6-7,9-16H2,1H3/t17-,18+,19-,20-,23-,24+/m1/s1. The number of hydrogen-bond donors (Lipinski definition) is 0. The molecule has 162 valence electrons. The molecule has 1 aromatic rings. The van der Waals surface area contributed by atoms with Gasteiger partial charge in [-0.05, 0) is 55.6 Å². The molecular formula is C24H33N3O3. The highest BCUT2D eigenvalue weighted by Crippen LogP contribution is 2.62. The van der Waals surface area contributed by atoms with E-state index in [0.717, 1.165) is 58.0 Å². The third-order valence-electron chi connectivity index (χ3n) is 8.88. The van der Waals surface area contributed by atoms with Crippen LogP contribution in [0.4, 0.5) is 5.82 Å². The number of carbonyl (C=O) groups is 1. The summed E-state index contributed by atoms with van der Waals surface area (Å²) in [5, 5.41) is 0. The van der Waals surface area contributed by atoms with Gasteiger partial charge in [0.15, 0.2) is 0 Å². The van der Waals surface area contributed by atoms with Gasteiger partial charge in [0.05, 0.1) is 18.1 Å². The molecule has 0 radical (unpaired) electrons. The zero-order valence-corrected chi connectivity index (χ0v) is 18.0. The SMILES string of the molecule is C[C@]12CCC[C@]3(CO3)[C@@H]1C[C@@H]1[C@H](CN3CCN(c4ccccn4)CC3)C(=O)O[C@@H]1C2. The Morgan fingerprint density at radius 1 is 1.20 bits per heavy atom. The van der Waals surface area contributed by atoms with Crippen LogP contribution in [0.25, 0.3) is 0 Å². The zero-order valence-electron chi connectivity index (χ0n) is 18.0. The van der Waals surface area contributed by atoms with E-state index in [4.69, 9.17) is 9.47 Å². The Kier molecular flexibility index (Phi) is 4.40. The van der Waals surface area contributed by atoms with Crippen LogP contribution in [-0.4, -0.2) is 66.9 Å². The van der Waals surface area contributed by atoms with Crippen LogP contribution in [0, 0.1) is 23.2 Å². The van der Waals surface area contributed by atoms with Crippen LogP contribution in [-0.2, 0) is 14.3 Å². The van der Waals surface area contributed by atoms with Crippen molar-refractivity contribution in [1.29, 1.82) is 0 Å². The second kappa shape index (κ2) is 6.92. The van der Waals surface area contributed by atoms with Crippen molar-refractivity contribution in [2.24, 2.45) is 23.2 Å². The quantitative estimate of drug-likeness (QED) is 0.563. The first-order chi connectivity index (χ1) is 14.6. The van der Waals surface area contributed by atoms with Crippen LogP contribution in [0.2, 0.25) is 0 Å². The molecule has 6 rings (SSSR count). The topological polar surface area (TPSA) is 58.2 Å². The van der Waals surface area contributed by atoms with Crippen molar-refractivity contribution in [2.75, 3.05) is 44.2 Å². The molecule has 3 aliphatic heterocycles. The number of fused-ring (bicyclic) bond motifs is 3. The van der Waals surface area contributed by atoms with Crippen molar-refractivity contribution < 1.29 is 14.3 Å². The summed E-state index contributed by atoms with van der Waals surface area (Å²) in [5.74, 6) is 2.08. The van der Waals surface area contributed by atoms with E-state index in [9.17, 15) is 4.79 Å². The van der Waals surface area contributed by atoms with Crippen LogP contribution >= 0.6 is 0 Å². The number of pyridine rings is 1. The van der Waals surface area contributed by atoms with Crippen molar-refractivity contribution in [3.8, 4) is 0 Å². The highest BCUT2D eigenvalue weighted by molar-refractivity contribution is 5.75. The maximum Gasteiger partial charge on any atom is 0.310 e. The maximum atomic E-state index is 12.9. The molecular weight excluding hydrogens is 378 g/mol. The predicted molar refractivity (Wildman–Crippen MR) is 113 cm³/mol. The number of ether oxygens (including phenoxy) is 2. The highest BCUT2D eigenvalue weighted by atomic mass is 16.6. The molecule has 2 aliphatic carbocycles. The molecule has 5 aliphatic rings. The van der Waals surface area contributed by atoms with Gasteiger partial charge in [0.2, 0.25) is 0 Å². The maximum absolute atomic E-state index is 12.9. The molecule has 3 saturated heterocycles. The smallest absolute Gasteiger partial charge is 0.310 e. The summed E-state index contributed by atoms with van der Waals surface area (Å²) in [6.07, 6.45) is 7.82. The third-order valence-corrected chi connectivity index (χ3v) is 8.88.